The topological polar surface area (TPSA) is 83.8 Å². The second kappa shape index (κ2) is 7.78. The Labute approximate surface area is 124 Å². The summed E-state index contributed by atoms with van der Waals surface area (Å²) in [5.74, 6) is -1.85. The molecule has 1 atom stereocenters. The number of carboxylic acid groups (broad SMARTS) is 1. The van der Waals surface area contributed by atoms with E-state index in [9.17, 15) is 14.7 Å². The zero-order chi connectivity index (χ0) is 15.9. The molecule has 5 nitrogen and oxygen atoms in total. The van der Waals surface area contributed by atoms with Crippen molar-refractivity contribution in [2.75, 3.05) is 6.61 Å². The number of hydrogen-bond donors (Lipinski definition) is 2. The van der Waals surface area contributed by atoms with Crippen LogP contribution in [0.15, 0.2) is 24.3 Å². The molecule has 0 aliphatic rings. The summed E-state index contributed by atoms with van der Waals surface area (Å²) in [5, 5.41) is 18.6. The van der Waals surface area contributed by atoms with Crippen LogP contribution in [-0.4, -0.2) is 28.8 Å². The van der Waals surface area contributed by atoms with E-state index in [1.807, 2.05) is 6.92 Å². The molecule has 21 heavy (non-hydrogen) atoms. The van der Waals surface area contributed by atoms with Gasteiger partial charge in [0.1, 0.15) is 0 Å². The molecule has 2 N–H and O–H groups in total. The zero-order valence-electron chi connectivity index (χ0n) is 12.5. The number of hydrogen-bond acceptors (Lipinski definition) is 4. The van der Waals surface area contributed by atoms with Crippen LogP contribution in [0.5, 0.6) is 0 Å². The third-order valence-corrected chi connectivity index (χ3v) is 3.46. The summed E-state index contributed by atoms with van der Waals surface area (Å²) in [6, 6.07) is 6.91. The van der Waals surface area contributed by atoms with Gasteiger partial charge in [0, 0.05) is 0 Å². The molecule has 0 aliphatic carbocycles. The maximum atomic E-state index is 12.2. The van der Waals surface area contributed by atoms with Crippen LogP contribution < -0.4 is 0 Å². The molecule has 0 amide bonds. The number of aliphatic carboxylic acids is 1. The smallest absolute Gasteiger partial charge is 0.323 e. The van der Waals surface area contributed by atoms with Crippen LogP contribution in [0.25, 0.3) is 0 Å². The van der Waals surface area contributed by atoms with Crippen molar-refractivity contribution in [2.24, 2.45) is 5.41 Å². The van der Waals surface area contributed by atoms with Gasteiger partial charge in [-0.1, -0.05) is 37.6 Å². The summed E-state index contributed by atoms with van der Waals surface area (Å²) in [5.41, 5.74) is -0.0757. The van der Waals surface area contributed by atoms with Gasteiger partial charge in [0.2, 0.25) is 0 Å². The maximum Gasteiger partial charge on any atom is 0.323 e. The zero-order valence-corrected chi connectivity index (χ0v) is 12.5. The minimum Gasteiger partial charge on any atom is -0.480 e. The van der Waals surface area contributed by atoms with Crippen LogP contribution in [0.3, 0.4) is 0 Å². The van der Waals surface area contributed by atoms with E-state index in [1.54, 1.807) is 31.2 Å². The van der Waals surface area contributed by atoms with Gasteiger partial charge in [0.15, 0.2) is 5.41 Å². The Bertz CT molecular complexity index is 480. The first-order valence-electron chi connectivity index (χ1n) is 7.09. The molecule has 1 aromatic rings. The van der Waals surface area contributed by atoms with Crippen LogP contribution in [0, 0.1) is 5.41 Å². The van der Waals surface area contributed by atoms with Gasteiger partial charge in [-0.15, -0.1) is 0 Å². The predicted octanol–water partition coefficient (Wildman–Crippen LogP) is 2.16. The van der Waals surface area contributed by atoms with Gasteiger partial charge < -0.3 is 14.9 Å². The van der Waals surface area contributed by atoms with Crippen LogP contribution in [0.1, 0.15) is 37.8 Å². The van der Waals surface area contributed by atoms with Gasteiger partial charge >= 0.3 is 11.9 Å². The first kappa shape index (κ1) is 17.2. The Morgan fingerprint density at radius 3 is 2.14 bits per heavy atom. The number of rotatable bonds is 8. The highest BCUT2D eigenvalue weighted by molar-refractivity contribution is 5.99. The van der Waals surface area contributed by atoms with Crippen LogP contribution in [-0.2, 0) is 27.4 Å². The molecule has 0 saturated carbocycles. The minimum absolute atomic E-state index is 0.0722. The van der Waals surface area contributed by atoms with Gasteiger partial charge in [-0.05, 0) is 30.9 Å². The highest BCUT2D eigenvalue weighted by Gasteiger charge is 2.46. The fourth-order valence-corrected chi connectivity index (χ4v) is 2.34. The standard InChI is InChI=1S/C16H22O5/c1-3-9-16(14(18)19,15(20)21-4-2)10-12-5-7-13(11-17)8-6-12/h5-8,17H,3-4,9-11H2,1-2H3,(H,18,19). The van der Waals surface area contributed by atoms with E-state index in [-0.39, 0.29) is 26.1 Å². The Balaban J connectivity index is 3.09. The molecule has 0 aliphatic heterocycles. The fraction of sp³-hybridized carbons (Fsp3) is 0.500. The van der Waals surface area contributed by atoms with Gasteiger partial charge in [-0.3, -0.25) is 9.59 Å². The Hall–Kier alpha value is -1.88. The average Bonchev–Trinajstić information content (AvgIpc) is 2.47. The monoisotopic (exact) mass is 294 g/mol. The van der Waals surface area contributed by atoms with E-state index in [0.29, 0.717) is 6.42 Å². The second-order valence-corrected chi connectivity index (χ2v) is 5.01. The van der Waals surface area contributed by atoms with Crippen molar-refractivity contribution in [3.8, 4) is 0 Å². The summed E-state index contributed by atoms with van der Waals surface area (Å²) in [6.45, 7) is 3.58. The lowest BCUT2D eigenvalue weighted by Gasteiger charge is -2.27. The molecule has 1 rings (SSSR count). The molecule has 0 aromatic heterocycles. The number of benzene rings is 1. The van der Waals surface area contributed by atoms with Crippen molar-refractivity contribution in [3.05, 3.63) is 35.4 Å². The highest BCUT2D eigenvalue weighted by atomic mass is 16.5. The number of carbonyl (C=O) groups excluding carboxylic acids is 1. The molecular weight excluding hydrogens is 272 g/mol. The summed E-state index contributed by atoms with van der Waals surface area (Å²) in [4.78, 5) is 23.9. The predicted molar refractivity (Wildman–Crippen MR) is 77.7 cm³/mol. The van der Waals surface area contributed by atoms with Crippen molar-refractivity contribution in [3.63, 3.8) is 0 Å². The molecule has 0 radical (unpaired) electrons. The van der Waals surface area contributed by atoms with E-state index in [2.05, 4.69) is 0 Å². The number of carboxylic acids is 1. The Kier molecular flexibility index (Phi) is 6.37. The lowest BCUT2D eigenvalue weighted by molar-refractivity contribution is -0.169. The summed E-state index contributed by atoms with van der Waals surface area (Å²) < 4.78 is 4.98. The number of ether oxygens (including phenoxy) is 1. The van der Waals surface area contributed by atoms with Gasteiger partial charge in [-0.2, -0.15) is 0 Å². The van der Waals surface area contributed by atoms with Crippen molar-refractivity contribution >= 4 is 11.9 Å². The van der Waals surface area contributed by atoms with E-state index >= 15 is 0 Å². The summed E-state index contributed by atoms with van der Waals surface area (Å²) >= 11 is 0. The lowest BCUT2D eigenvalue weighted by atomic mass is 9.77. The number of aliphatic hydroxyl groups is 1. The van der Waals surface area contributed by atoms with E-state index < -0.39 is 17.4 Å². The van der Waals surface area contributed by atoms with Crippen molar-refractivity contribution in [2.45, 2.75) is 39.7 Å². The lowest BCUT2D eigenvalue weighted by Crippen LogP contribution is -2.42. The largest absolute Gasteiger partial charge is 0.480 e. The summed E-state index contributed by atoms with van der Waals surface area (Å²) in [6.07, 6.45) is 0.878. The minimum atomic E-state index is -1.55. The van der Waals surface area contributed by atoms with Crippen LogP contribution in [0.4, 0.5) is 0 Å². The van der Waals surface area contributed by atoms with E-state index in [4.69, 9.17) is 9.84 Å². The normalized spacial score (nSPS) is 13.5. The molecule has 116 valence electrons. The molecular formula is C16H22O5. The Morgan fingerprint density at radius 2 is 1.71 bits per heavy atom. The van der Waals surface area contributed by atoms with E-state index in [0.717, 1.165) is 11.1 Å². The SMILES string of the molecule is CCCC(Cc1ccc(CO)cc1)(C(=O)O)C(=O)OCC. The molecule has 0 fully saturated rings. The molecule has 0 bridgehead atoms. The van der Waals surface area contributed by atoms with Gasteiger partial charge in [0.05, 0.1) is 13.2 Å². The maximum absolute atomic E-state index is 12.2. The molecule has 1 unspecified atom stereocenters. The van der Waals surface area contributed by atoms with Gasteiger partial charge in [-0.25, -0.2) is 0 Å². The third kappa shape index (κ3) is 4.04. The summed E-state index contributed by atoms with van der Waals surface area (Å²) in [7, 11) is 0. The quantitative estimate of drug-likeness (QED) is 0.567. The van der Waals surface area contributed by atoms with Crippen molar-refractivity contribution in [1.82, 2.24) is 0 Å². The number of carbonyl (C=O) groups is 2. The van der Waals surface area contributed by atoms with Crippen molar-refractivity contribution < 1.29 is 24.5 Å². The highest BCUT2D eigenvalue weighted by Crippen LogP contribution is 2.31. The molecule has 5 heteroatoms. The molecule has 0 spiro atoms. The Morgan fingerprint density at radius 1 is 1.14 bits per heavy atom. The molecule has 1 aromatic carbocycles. The first-order chi connectivity index (χ1) is 10.00. The number of aliphatic hydroxyl groups excluding tert-OH is 1. The van der Waals surface area contributed by atoms with Crippen LogP contribution >= 0.6 is 0 Å². The fourth-order valence-electron chi connectivity index (χ4n) is 2.34. The van der Waals surface area contributed by atoms with Crippen LogP contribution in [0.2, 0.25) is 0 Å². The van der Waals surface area contributed by atoms with E-state index in [1.165, 1.54) is 0 Å². The van der Waals surface area contributed by atoms with Crippen molar-refractivity contribution in [1.29, 1.82) is 0 Å². The number of esters is 1. The molecule has 0 heterocycles. The molecule has 0 saturated heterocycles. The average molecular weight is 294 g/mol. The second-order valence-electron chi connectivity index (χ2n) is 5.01. The van der Waals surface area contributed by atoms with Gasteiger partial charge in [0.25, 0.3) is 0 Å². The third-order valence-electron chi connectivity index (χ3n) is 3.46. The first-order valence-corrected chi connectivity index (χ1v) is 7.09.